The number of aliphatic carboxylic acids is 1. The molecule has 1 unspecified atom stereocenters. The summed E-state index contributed by atoms with van der Waals surface area (Å²) in [6.07, 6.45) is 2.18. The summed E-state index contributed by atoms with van der Waals surface area (Å²) in [7, 11) is 0. The molecule has 0 aliphatic rings. The fourth-order valence-corrected chi connectivity index (χ4v) is 4.29. The fourth-order valence-electron chi connectivity index (χ4n) is 4.08. The van der Waals surface area contributed by atoms with Gasteiger partial charge in [0.1, 0.15) is 0 Å². The minimum Gasteiger partial charge on any atom is -0.481 e. The highest BCUT2D eigenvalue weighted by Crippen LogP contribution is 2.38. The molecule has 2 rings (SSSR count). The number of hydrogen-bond acceptors (Lipinski definition) is 2. The summed E-state index contributed by atoms with van der Waals surface area (Å²) in [5.41, 5.74) is 6.03. The minimum atomic E-state index is -0.808. The van der Waals surface area contributed by atoms with Crippen molar-refractivity contribution in [2.75, 3.05) is 0 Å². The SMILES string of the molecule is CC(CCC(C)(C)c1ccc(CC(=O)O)c(C(C)(C)S)c1)c1cccc(C(C)(C)C)c1. The molecule has 31 heavy (non-hydrogen) atoms. The first-order valence-electron chi connectivity index (χ1n) is 11.3. The van der Waals surface area contributed by atoms with Crippen molar-refractivity contribution in [2.45, 2.75) is 96.1 Å². The third-order valence-corrected chi connectivity index (χ3v) is 6.66. The first-order valence-corrected chi connectivity index (χ1v) is 11.7. The van der Waals surface area contributed by atoms with Crippen LogP contribution >= 0.6 is 12.6 Å². The quantitative estimate of drug-likeness (QED) is 0.414. The van der Waals surface area contributed by atoms with Gasteiger partial charge in [-0.15, -0.1) is 0 Å². The summed E-state index contributed by atoms with van der Waals surface area (Å²) in [5.74, 6) is -0.328. The Morgan fingerprint density at radius 2 is 1.61 bits per heavy atom. The van der Waals surface area contributed by atoms with Crippen LogP contribution in [0.1, 0.15) is 102 Å². The van der Waals surface area contributed by atoms with Gasteiger partial charge in [0.2, 0.25) is 0 Å². The molecule has 0 amide bonds. The largest absolute Gasteiger partial charge is 0.481 e. The first kappa shape index (κ1) is 25.5. The van der Waals surface area contributed by atoms with E-state index in [1.807, 2.05) is 19.9 Å². The maximum Gasteiger partial charge on any atom is 0.307 e. The van der Waals surface area contributed by atoms with Crippen LogP contribution in [-0.2, 0) is 26.8 Å². The van der Waals surface area contributed by atoms with E-state index in [4.69, 9.17) is 12.6 Å². The summed E-state index contributed by atoms with van der Waals surface area (Å²) in [6.45, 7) is 17.7. The van der Waals surface area contributed by atoms with E-state index in [1.54, 1.807) is 0 Å². The van der Waals surface area contributed by atoms with Gasteiger partial charge in [-0.3, -0.25) is 4.79 Å². The molecule has 0 fully saturated rings. The summed E-state index contributed by atoms with van der Waals surface area (Å²) in [6, 6.07) is 15.3. The summed E-state index contributed by atoms with van der Waals surface area (Å²) in [5, 5.41) is 9.28. The molecular formula is C28H40O2S. The highest BCUT2D eigenvalue weighted by atomic mass is 32.1. The van der Waals surface area contributed by atoms with Crippen LogP contribution < -0.4 is 0 Å². The van der Waals surface area contributed by atoms with E-state index in [0.29, 0.717) is 5.92 Å². The third kappa shape index (κ3) is 6.87. The third-order valence-electron chi connectivity index (χ3n) is 6.42. The van der Waals surface area contributed by atoms with Crippen molar-refractivity contribution in [3.05, 3.63) is 70.3 Å². The monoisotopic (exact) mass is 440 g/mol. The Morgan fingerprint density at radius 1 is 0.968 bits per heavy atom. The standard InChI is InChI=1S/C28H40O2S/c1-19(20-10-9-11-22(16-20)26(2,3)4)14-15-27(5,6)23-13-12-21(17-25(29)30)24(18-23)28(7,8)31/h9-13,16,18-19,31H,14-15,17H2,1-8H3,(H,29,30). The Kier molecular flexibility index (Phi) is 7.74. The number of carboxylic acids is 1. The van der Waals surface area contributed by atoms with Crippen molar-refractivity contribution >= 4 is 18.6 Å². The van der Waals surface area contributed by atoms with Gasteiger partial charge in [0, 0.05) is 4.75 Å². The van der Waals surface area contributed by atoms with E-state index in [1.165, 1.54) is 16.7 Å². The van der Waals surface area contributed by atoms with Gasteiger partial charge in [0.05, 0.1) is 6.42 Å². The van der Waals surface area contributed by atoms with Gasteiger partial charge >= 0.3 is 5.97 Å². The Bertz CT molecular complexity index is 913. The van der Waals surface area contributed by atoms with Crippen LogP contribution in [0.5, 0.6) is 0 Å². The lowest BCUT2D eigenvalue weighted by Crippen LogP contribution is -2.21. The molecule has 0 aromatic heterocycles. The zero-order chi connectivity index (χ0) is 23.6. The van der Waals surface area contributed by atoms with Crippen LogP contribution in [0.4, 0.5) is 0 Å². The van der Waals surface area contributed by atoms with Crippen LogP contribution in [0.3, 0.4) is 0 Å². The Labute approximate surface area is 194 Å². The molecule has 170 valence electrons. The average molecular weight is 441 g/mol. The van der Waals surface area contributed by atoms with E-state index < -0.39 is 10.7 Å². The minimum absolute atomic E-state index is 0.00850. The maximum atomic E-state index is 11.3. The predicted molar refractivity (Wildman–Crippen MR) is 136 cm³/mol. The van der Waals surface area contributed by atoms with Crippen LogP contribution in [0.25, 0.3) is 0 Å². The van der Waals surface area contributed by atoms with Crippen molar-refractivity contribution < 1.29 is 9.90 Å². The van der Waals surface area contributed by atoms with E-state index >= 15 is 0 Å². The normalized spacial score (nSPS) is 13.8. The summed E-state index contributed by atoms with van der Waals surface area (Å²) < 4.78 is -0.391. The second-order valence-corrected chi connectivity index (χ2v) is 12.3. The van der Waals surface area contributed by atoms with Crippen molar-refractivity contribution in [3.63, 3.8) is 0 Å². The molecule has 2 aromatic rings. The molecule has 1 atom stereocenters. The molecule has 0 saturated heterocycles. The maximum absolute atomic E-state index is 11.3. The first-order chi connectivity index (χ1) is 14.1. The second-order valence-electron chi connectivity index (χ2n) is 11.2. The van der Waals surface area contributed by atoms with Gasteiger partial charge in [-0.05, 0) is 71.3 Å². The predicted octanol–water partition coefficient (Wildman–Crippen LogP) is 7.64. The highest BCUT2D eigenvalue weighted by Gasteiger charge is 2.27. The molecule has 0 aliphatic heterocycles. The number of hydrogen-bond donors (Lipinski definition) is 2. The van der Waals surface area contributed by atoms with Crippen LogP contribution in [0.2, 0.25) is 0 Å². The van der Waals surface area contributed by atoms with Crippen molar-refractivity contribution in [1.82, 2.24) is 0 Å². The second kappa shape index (κ2) is 9.40. The fraction of sp³-hybridized carbons (Fsp3) is 0.536. The van der Waals surface area contributed by atoms with E-state index in [-0.39, 0.29) is 17.3 Å². The van der Waals surface area contributed by atoms with Gasteiger partial charge < -0.3 is 5.11 Å². The van der Waals surface area contributed by atoms with Gasteiger partial charge in [-0.25, -0.2) is 0 Å². The Hall–Kier alpha value is -1.74. The summed E-state index contributed by atoms with van der Waals surface area (Å²) in [4.78, 5) is 11.3. The summed E-state index contributed by atoms with van der Waals surface area (Å²) >= 11 is 4.75. The molecule has 3 heteroatoms. The lowest BCUT2D eigenvalue weighted by atomic mass is 9.76. The van der Waals surface area contributed by atoms with Gasteiger partial charge in [-0.2, -0.15) is 12.6 Å². The molecule has 0 heterocycles. The average Bonchev–Trinajstić information content (AvgIpc) is 2.64. The number of carbonyl (C=O) groups is 1. The lowest BCUT2D eigenvalue weighted by Gasteiger charge is -2.30. The van der Waals surface area contributed by atoms with Crippen LogP contribution in [0, 0.1) is 0 Å². The number of benzene rings is 2. The van der Waals surface area contributed by atoms with E-state index in [2.05, 4.69) is 77.9 Å². The topological polar surface area (TPSA) is 37.3 Å². The molecule has 0 bridgehead atoms. The van der Waals surface area contributed by atoms with Gasteiger partial charge in [0.15, 0.2) is 0 Å². The smallest absolute Gasteiger partial charge is 0.307 e. The van der Waals surface area contributed by atoms with Crippen LogP contribution in [0.15, 0.2) is 42.5 Å². The Morgan fingerprint density at radius 3 is 2.16 bits per heavy atom. The molecule has 0 aliphatic carbocycles. The van der Waals surface area contributed by atoms with Crippen molar-refractivity contribution in [3.8, 4) is 0 Å². The van der Waals surface area contributed by atoms with Crippen molar-refractivity contribution in [1.29, 1.82) is 0 Å². The van der Waals surface area contributed by atoms with Gasteiger partial charge in [-0.1, -0.05) is 84.0 Å². The molecular weight excluding hydrogens is 400 g/mol. The number of thiol groups is 1. The zero-order valence-electron chi connectivity index (χ0n) is 20.5. The van der Waals surface area contributed by atoms with Crippen molar-refractivity contribution in [2.24, 2.45) is 0 Å². The van der Waals surface area contributed by atoms with E-state index in [0.717, 1.165) is 24.0 Å². The molecule has 0 radical (unpaired) electrons. The number of carboxylic acid groups (broad SMARTS) is 1. The lowest BCUT2D eigenvalue weighted by molar-refractivity contribution is -0.136. The molecule has 0 saturated carbocycles. The number of rotatable bonds is 8. The highest BCUT2D eigenvalue weighted by molar-refractivity contribution is 7.81. The molecule has 2 aromatic carbocycles. The Balaban J connectivity index is 2.23. The van der Waals surface area contributed by atoms with E-state index in [9.17, 15) is 9.90 Å². The van der Waals surface area contributed by atoms with Gasteiger partial charge in [0.25, 0.3) is 0 Å². The molecule has 0 spiro atoms. The molecule has 2 nitrogen and oxygen atoms in total. The zero-order valence-corrected chi connectivity index (χ0v) is 21.4. The molecule has 1 N–H and O–H groups in total. The van der Waals surface area contributed by atoms with Crippen LogP contribution in [-0.4, -0.2) is 11.1 Å².